The van der Waals surface area contributed by atoms with Gasteiger partial charge in [-0.05, 0) is 110 Å². The molecule has 0 aliphatic rings. The van der Waals surface area contributed by atoms with E-state index in [1.54, 1.807) is 0 Å². The van der Waals surface area contributed by atoms with E-state index in [1.807, 2.05) is 0 Å². The van der Waals surface area contributed by atoms with E-state index in [1.165, 1.54) is 173 Å². The lowest BCUT2D eigenvalue weighted by molar-refractivity contribution is 0.0730. The van der Waals surface area contributed by atoms with Crippen molar-refractivity contribution >= 4 is 6.16 Å². The quantitative estimate of drug-likeness (QED) is 0.0399. The normalized spacial score (nSPS) is 12.9. The number of unbranched alkanes of at least 4 members (excludes halogenated alkanes) is 22. The highest BCUT2D eigenvalue weighted by Crippen LogP contribution is 2.20. The monoisotopic (exact) mass is 686 g/mol. The molecule has 1 atom stereocenters. The highest BCUT2D eigenvalue weighted by Gasteiger charge is 2.11. The number of carbonyl (C=O) groups is 1. The van der Waals surface area contributed by atoms with Crippen LogP contribution < -0.4 is 0 Å². The van der Waals surface area contributed by atoms with Gasteiger partial charge in [0.25, 0.3) is 0 Å². The molecular formula is C45H83NO3. The molecule has 0 aromatic rings. The maximum Gasteiger partial charge on any atom is 0.505 e. The van der Waals surface area contributed by atoms with E-state index in [2.05, 4.69) is 74.5 Å². The molecule has 0 radical (unpaired) electrons. The number of hydrogen-bond donors (Lipinski definition) is 1. The first kappa shape index (κ1) is 47.2. The third-order valence-electron chi connectivity index (χ3n) is 9.57. The summed E-state index contributed by atoms with van der Waals surface area (Å²) in [6.07, 6.45) is 55.7. The summed E-state index contributed by atoms with van der Waals surface area (Å²) in [6.45, 7) is 3.86. The zero-order valence-corrected chi connectivity index (χ0v) is 33.0. The van der Waals surface area contributed by atoms with Crippen LogP contribution in [0.3, 0.4) is 0 Å². The van der Waals surface area contributed by atoms with Crippen molar-refractivity contribution in [1.29, 1.82) is 0 Å². The number of carboxylic acid groups (broad SMARTS) is 1. The fourth-order valence-electron chi connectivity index (χ4n) is 6.40. The highest BCUT2D eigenvalue weighted by molar-refractivity contribution is 5.56. The van der Waals surface area contributed by atoms with Gasteiger partial charge in [-0.1, -0.05) is 165 Å². The first-order valence-corrected chi connectivity index (χ1v) is 21.2. The minimum Gasteiger partial charge on any atom is -0.450 e. The van der Waals surface area contributed by atoms with Gasteiger partial charge in [-0.25, -0.2) is 4.79 Å². The van der Waals surface area contributed by atoms with Gasteiger partial charge in [-0.2, -0.15) is 0 Å². The van der Waals surface area contributed by atoms with Crippen LogP contribution in [0.25, 0.3) is 0 Å². The number of allylic oxidation sites excluding steroid dienone is 8. The van der Waals surface area contributed by atoms with Crippen LogP contribution in [0.1, 0.15) is 200 Å². The molecule has 0 rings (SSSR count). The Kier molecular flexibility index (Phi) is 39.1. The van der Waals surface area contributed by atoms with Gasteiger partial charge >= 0.3 is 6.16 Å². The number of rotatable bonds is 38. The van der Waals surface area contributed by atoms with E-state index in [0.29, 0.717) is 12.5 Å². The Labute approximate surface area is 306 Å². The van der Waals surface area contributed by atoms with Crippen molar-refractivity contribution in [1.82, 2.24) is 4.90 Å². The molecule has 0 bridgehead atoms. The predicted octanol–water partition coefficient (Wildman–Crippen LogP) is 14.8. The molecule has 1 N–H and O–H groups in total. The molecule has 0 aromatic heterocycles. The second kappa shape index (κ2) is 40.6. The molecule has 0 fully saturated rings. The molecule has 0 aliphatic carbocycles. The number of hydrogen-bond acceptors (Lipinski definition) is 3. The molecule has 49 heavy (non-hydrogen) atoms. The van der Waals surface area contributed by atoms with Crippen molar-refractivity contribution in [2.45, 2.75) is 200 Å². The van der Waals surface area contributed by atoms with Crippen LogP contribution in [0.2, 0.25) is 0 Å². The first-order valence-electron chi connectivity index (χ1n) is 21.2. The molecule has 4 nitrogen and oxygen atoms in total. The first-order chi connectivity index (χ1) is 24.1. The fraction of sp³-hybridized carbons (Fsp3) is 0.800. The average Bonchev–Trinajstić information content (AvgIpc) is 3.08. The van der Waals surface area contributed by atoms with Crippen molar-refractivity contribution in [2.24, 2.45) is 5.92 Å². The minimum absolute atomic E-state index is 0.370. The Balaban J connectivity index is 3.65. The molecule has 0 spiro atoms. The zero-order valence-electron chi connectivity index (χ0n) is 33.0. The molecule has 286 valence electrons. The average molecular weight is 686 g/mol. The lowest BCUT2D eigenvalue weighted by Gasteiger charge is -2.16. The summed E-state index contributed by atoms with van der Waals surface area (Å²) >= 11 is 0. The van der Waals surface area contributed by atoms with Crippen LogP contribution in [0, 0.1) is 5.92 Å². The van der Waals surface area contributed by atoms with E-state index in [4.69, 9.17) is 9.84 Å². The van der Waals surface area contributed by atoms with Crippen molar-refractivity contribution in [3.63, 3.8) is 0 Å². The molecule has 0 aliphatic heterocycles. The Hall–Kier alpha value is -1.81. The smallest absolute Gasteiger partial charge is 0.450 e. The Morgan fingerprint density at radius 3 is 1.22 bits per heavy atom. The summed E-state index contributed by atoms with van der Waals surface area (Å²) in [4.78, 5) is 13.2. The summed E-state index contributed by atoms with van der Waals surface area (Å²) < 4.78 is 4.98. The van der Waals surface area contributed by atoms with Crippen LogP contribution >= 0.6 is 0 Å². The van der Waals surface area contributed by atoms with Gasteiger partial charge < -0.3 is 14.7 Å². The number of nitrogens with zero attached hydrogens (tertiary/aromatic N) is 1. The topological polar surface area (TPSA) is 49.8 Å². The van der Waals surface area contributed by atoms with Crippen LogP contribution in [-0.2, 0) is 4.74 Å². The SMILES string of the molecule is CCCCC/C=C\C/C=C\CCCCCCCCC(CCCCCCCC/C=C\C/C=C\CCCCCCCCCN(C)C)COC(=O)O. The van der Waals surface area contributed by atoms with E-state index in [0.717, 1.165) is 25.7 Å². The molecule has 0 amide bonds. The zero-order chi connectivity index (χ0) is 35.7. The molecule has 0 aromatic carbocycles. The van der Waals surface area contributed by atoms with E-state index >= 15 is 0 Å². The third-order valence-corrected chi connectivity index (χ3v) is 9.57. The maximum atomic E-state index is 11.0. The molecule has 0 saturated heterocycles. The standard InChI is InChI=1S/C45H83NO3/c1-4-5-6-7-8-9-10-11-12-19-22-25-28-31-34-37-40-44(43-49-45(47)48)41-38-35-32-29-26-23-20-17-15-13-14-16-18-21-24-27-30-33-36-39-42-46(2)3/h8-9,11-12,14-17,44H,4-7,10,13,18-43H2,1-3H3,(H,47,48)/b9-8-,12-11-,16-14-,17-15-. The summed E-state index contributed by atoms with van der Waals surface area (Å²) in [5.74, 6) is 0.383. The maximum absolute atomic E-state index is 11.0. The fourth-order valence-corrected chi connectivity index (χ4v) is 6.40. The second-order valence-corrected chi connectivity index (χ2v) is 14.8. The van der Waals surface area contributed by atoms with Gasteiger partial charge in [0.05, 0.1) is 6.61 Å². The molecule has 4 heteroatoms. The lowest BCUT2D eigenvalue weighted by Crippen LogP contribution is -2.13. The third kappa shape index (κ3) is 42.3. The molecule has 1 unspecified atom stereocenters. The summed E-state index contributed by atoms with van der Waals surface area (Å²) in [6, 6.07) is 0. The van der Waals surface area contributed by atoms with Crippen molar-refractivity contribution in [3.8, 4) is 0 Å². The van der Waals surface area contributed by atoms with Crippen LogP contribution in [-0.4, -0.2) is 43.4 Å². The summed E-state index contributed by atoms with van der Waals surface area (Å²) in [7, 11) is 4.32. The lowest BCUT2D eigenvalue weighted by atomic mass is 9.94. The minimum atomic E-state index is -1.13. The van der Waals surface area contributed by atoms with Crippen LogP contribution in [0.4, 0.5) is 4.79 Å². The second-order valence-electron chi connectivity index (χ2n) is 14.8. The Morgan fingerprint density at radius 1 is 0.510 bits per heavy atom. The van der Waals surface area contributed by atoms with E-state index in [-0.39, 0.29) is 0 Å². The largest absolute Gasteiger partial charge is 0.505 e. The molecular weight excluding hydrogens is 602 g/mol. The van der Waals surface area contributed by atoms with Gasteiger partial charge in [-0.3, -0.25) is 0 Å². The van der Waals surface area contributed by atoms with Crippen molar-refractivity contribution in [2.75, 3.05) is 27.2 Å². The summed E-state index contributed by atoms with van der Waals surface area (Å²) in [5.41, 5.74) is 0. The van der Waals surface area contributed by atoms with E-state index < -0.39 is 6.16 Å². The van der Waals surface area contributed by atoms with E-state index in [9.17, 15) is 4.79 Å². The van der Waals surface area contributed by atoms with Gasteiger partial charge in [0.1, 0.15) is 0 Å². The van der Waals surface area contributed by atoms with Crippen LogP contribution in [0.15, 0.2) is 48.6 Å². The Morgan fingerprint density at radius 2 is 0.857 bits per heavy atom. The van der Waals surface area contributed by atoms with Gasteiger partial charge in [-0.15, -0.1) is 0 Å². The van der Waals surface area contributed by atoms with Gasteiger partial charge in [0.15, 0.2) is 0 Å². The highest BCUT2D eigenvalue weighted by atomic mass is 16.7. The number of ether oxygens (including phenoxy) is 1. The van der Waals surface area contributed by atoms with Crippen molar-refractivity contribution < 1.29 is 14.6 Å². The predicted molar refractivity (Wildman–Crippen MR) is 217 cm³/mol. The molecule has 0 heterocycles. The van der Waals surface area contributed by atoms with Crippen molar-refractivity contribution in [3.05, 3.63) is 48.6 Å². The van der Waals surface area contributed by atoms with Gasteiger partial charge in [0, 0.05) is 0 Å². The van der Waals surface area contributed by atoms with Crippen LogP contribution in [0.5, 0.6) is 0 Å². The summed E-state index contributed by atoms with van der Waals surface area (Å²) in [5, 5.41) is 8.99. The molecule has 0 saturated carbocycles. The Bertz CT molecular complexity index is 784. The van der Waals surface area contributed by atoms with Gasteiger partial charge in [0.2, 0.25) is 0 Å².